The summed E-state index contributed by atoms with van der Waals surface area (Å²) in [6, 6.07) is 13.9. The molecule has 0 aliphatic carbocycles. The third kappa shape index (κ3) is 6.53. The van der Waals surface area contributed by atoms with Gasteiger partial charge in [0.15, 0.2) is 11.5 Å². The second kappa shape index (κ2) is 11.8. The van der Waals surface area contributed by atoms with E-state index >= 15 is 0 Å². The Hall–Kier alpha value is -2.95. The maximum absolute atomic E-state index is 12.8. The summed E-state index contributed by atoms with van der Waals surface area (Å²) in [6.45, 7) is 2.17. The number of thiophene rings is 1. The lowest BCUT2D eigenvalue weighted by molar-refractivity contribution is -0.117. The number of aromatic hydroxyl groups is 1. The zero-order valence-corrected chi connectivity index (χ0v) is 21.3. The number of nitrogens with zero attached hydrogens (tertiary/aromatic N) is 1. The van der Waals surface area contributed by atoms with Gasteiger partial charge in [0.1, 0.15) is 5.70 Å². The highest BCUT2D eigenvalue weighted by molar-refractivity contribution is 9.13. The second-order valence-corrected chi connectivity index (χ2v) is 9.03. The number of hydrogen-bond donors (Lipinski definition) is 3. The Bertz CT molecular complexity index is 1200. The smallest absolute Gasteiger partial charge is 0.287 e. The maximum Gasteiger partial charge on any atom is 0.287 e. The molecule has 0 aliphatic rings. The van der Waals surface area contributed by atoms with Crippen LogP contribution in [0.15, 0.2) is 73.7 Å². The number of nitrogens with one attached hydrogen (secondary N) is 2. The Morgan fingerprint density at radius 1 is 1.15 bits per heavy atom. The molecule has 0 unspecified atom stereocenters. The zero-order valence-electron chi connectivity index (χ0n) is 17.3. The molecule has 0 aliphatic heterocycles. The van der Waals surface area contributed by atoms with Gasteiger partial charge in [-0.05, 0) is 74.5 Å². The van der Waals surface area contributed by atoms with Crippen molar-refractivity contribution < 1.29 is 19.4 Å². The quantitative estimate of drug-likeness (QED) is 0.188. The zero-order chi connectivity index (χ0) is 23.8. The van der Waals surface area contributed by atoms with Gasteiger partial charge in [-0.3, -0.25) is 9.59 Å². The summed E-state index contributed by atoms with van der Waals surface area (Å²) < 4.78 is 6.35. The second-order valence-electron chi connectivity index (χ2n) is 6.47. The van der Waals surface area contributed by atoms with Gasteiger partial charge in [-0.1, -0.05) is 24.3 Å². The first kappa shape index (κ1) is 24.7. The topological polar surface area (TPSA) is 100 Å². The first-order valence-electron chi connectivity index (χ1n) is 9.69. The van der Waals surface area contributed by atoms with Crippen LogP contribution in [-0.4, -0.2) is 29.7 Å². The van der Waals surface area contributed by atoms with Crippen molar-refractivity contribution in [1.29, 1.82) is 0 Å². The Labute approximate surface area is 211 Å². The van der Waals surface area contributed by atoms with E-state index in [4.69, 9.17) is 4.74 Å². The minimum atomic E-state index is -0.595. The van der Waals surface area contributed by atoms with Gasteiger partial charge in [-0.2, -0.15) is 5.10 Å². The van der Waals surface area contributed by atoms with Crippen molar-refractivity contribution in [2.24, 2.45) is 5.10 Å². The Kier molecular flexibility index (Phi) is 8.81. The number of carbonyl (C=O) groups excluding carboxylic acids is 2. The molecule has 1 heterocycles. The predicted molar refractivity (Wildman–Crippen MR) is 137 cm³/mol. The van der Waals surface area contributed by atoms with Crippen molar-refractivity contribution in [2.75, 3.05) is 6.61 Å². The van der Waals surface area contributed by atoms with Crippen LogP contribution in [0.2, 0.25) is 0 Å². The van der Waals surface area contributed by atoms with Gasteiger partial charge in [-0.15, -0.1) is 11.3 Å². The maximum atomic E-state index is 12.8. The molecule has 0 spiro atoms. The molecule has 2 amide bonds. The van der Waals surface area contributed by atoms with E-state index in [-0.39, 0.29) is 17.2 Å². The molecule has 3 N–H and O–H groups in total. The molecular weight excluding hydrogens is 574 g/mol. The van der Waals surface area contributed by atoms with Gasteiger partial charge in [0, 0.05) is 20.5 Å². The third-order valence-electron chi connectivity index (χ3n) is 4.20. The molecule has 0 radical (unpaired) electrons. The number of benzene rings is 2. The van der Waals surface area contributed by atoms with E-state index in [1.807, 2.05) is 17.5 Å². The summed E-state index contributed by atoms with van der Waals surface area (Å²) in [7, 11) is 0. The fourth-order valence-corrected chi connectivity index (χ4v) is 4.14. The van der Waals surface area contributed by atoms with E-state index in [1.165, 1.54) is 17.6 Å². The molecule has 3 rings (SSSR count). The summed E-state index contributed by atoms with van der Waals surface area (Å²) in [6.07, 6.45) is 2.98. The number of rotatable bonds is 8. The standard InChI is InChI=1S/C23H19Br2N3O4S/c1-2-32-18-11-15(19(24)20(25)21(18)29)13-26-28-23(31)17(12-16-9-6-10-33-16)27-22(30)14-7-4-3-5-8-14/h3-13,29H,2H2,1H3,(H,27,30)(H,28,31)/b17-12?,26-13+. The van der Waals surface area contributed by atoms with E-state index in [1.54, 1.807) is 49.4 Å². The molecule has 0 atom stereocenters. The lowest BCUT2D eigenvalue weighted by Crippen LogP contribution is -2.32. The third-order valence-corrected chi connectivity index (χ3v) is 7.18. The molecule has 2 aromatic carbocycles. The number of ether oxygens (including phenoxy) is 1. The van der Waals surface area contributed by atoms with Gasteiger partial charge in [0.05, 0.1) is 17.3 Å². The first-order valence-corrected chi connectivity index (χ1v) is 12.2. The molecule has 170 valence electrons. The van der Waals surface area contributed by atoms with E-state index in [2.05, 4.69) is 47.7 Å². The van der Waals surface area contributed by atoms with Gasteiger partial charge in [0.25, 0.3) is 11.8 Å². The van der Waals surface area contributed by atoms with Crippen molar-refractivity contribution in [1.82, 2.24) is 10.7 Å². The summed E-state index contributed by atoms with van der Waals surface area (Å²) >= 11 is 8.10. The molecule has 0 fully saturated rings. The number of halogens is 2. The Balaban J connectivity index is 1.80. The summed E-state index contributed by atoms with van der Waals surface area (Å²) in [4.78, 5) is 26.2. The van der Waals surface area contributed by atoms with Crippen LogP contribution in [0.5, 0.6) is 11.5 Å². The van der Waals surface area contributed by atoms with Gasteiger partial charge in [0.2, 0.25) is 0 Å². The van der Waals surface area contributed by atoms with Crippen LogP contribution in [0.4, 0.5) is 0 Å². The van der Waals surface area contributed by atoms with Crippen LogP contribution in [0.1, 0.15) is 27.7 Å². The van der Waals surface area contributed by atoms with Gasteiger partial charge in [-0.25, -0.2) is 5.43 Å². The Morgan fingerprint density at radius 2 is 1.91 bits per heavy atom. The highest BCUT2D eigenvalue weighted by atomic mass is 79.9. The van der Waals surface area contributed by atoms with Gasteiger partial charge >= 0.3 is 0 Å². The molecule has 7 nitrogen and oxygen atoms in total. The summed E-state index contributed by atoms with van der Waals surface area (Å²) in [5, 5.41) is 18.7. The van der Waals surface area contributed by atoms with E-state index in [0.29, 0.717) is 26.7 Å². The van der Waals surface area contributed by atoms with Crippen LogP contribution in [-0.2, 0) is 4.79 Å². The molecule has 33 heavy (non-hydrogen) atoms. The summed E-state index contributed by atoms with van der Waals surface area (Å²) in [5.74, 6) is -0.782. The Morgan fingerprint density at radius 3 is 2.58 bits per heavy atom. The first-order chi connectivity index (χ1) is 15.9. The normalized spacial score (nSPS) is 11.4. The average molecular weight is 593 g/mol. The highest BCUT2D eigenvalue weighted by Gasteiger charge is 2.16. The molecule has 10 heteroatoms. The molecule has 0 saturated heterocycles. The van der Waals surface area contributed by atoms with Crippen LogP contribution in [0, 0.1) is 0 Å². The average Bonchev–Trinajstić information content (AvgIpc) is 3.33. The lowest BCUT2D eigenvalue weighted by Gasteiger charge is -2.11. The fraction of sp³-hybridized carbons (Fsp3) is 0.0870. The minimum absolute atomic E-state index is 0.0458. The number of phenols is 1. The van der Waals surface area contributed by atoms with Crippen LogP contribution in [0.3, 0.4) is 0 Å². The highest BCUT2D eigenvalue weighted by Crippen LogP contribution is 2.41. The van der Waals surface area contributed by atoms with Crippen LogP contribution in [0.25, 0.3) is 6.08 Å². The number of amides is 2. The number of carbonyl (C=O) groups is 2. The minimum Gasteiger partial charge on any atom is -0.503 e. The largest absolute Gasteiger partial charge is 0.503 e. The van der Waals surface area contributed by atoms with Crippen LogP contribution < -0.4 is 15.5 Å². The molecule has 0 bridgehead atoms. The monoisotopic (exact) mass is 591 g/mol. The van der Waals surface area contributed by atoms with Crippen molar-refractivity contribution in [3.05, 3.63) is 84.6 Å². The SMILES string of the molecule is CCOc1cc(/C=N/NC(=O)C(=Cc2cccs2)NC(=O)c2ccccc2)c(Br)c(Br)c1O. The lowest BCUT2D eigenvalue weighted by atomic mass is 10.2. The molecular formula is C23H19Br2N3O4S. The van der Waals surface area contributed by atoms with E-state index < -0.39 is 11.8 Å². The van der Waals surface area contributed by atoms with Crippen molar-refractivity contribution in [2.45, 2.75) is 6.92 Å². The van der Waals surface area contributed by atoms with Crippen molar-refractivity contribution in [3.8, 4) is 11.5 Å². The van der Waals surface area contributed by atoms with E-state index in [0.717, 1.165) is 4.88 Å². The van der Waals surface area contributed by atoms with Crippen LogP contribution >= 0.6 is 43.2 Å². The van der Waals surface area contributed by atoms with Crippen molar-refractivity contribution >= 4 is 67.3 Å². The molecule has 3 aromatic rings. The summed E-state index contributed by atoms with van der Waals surface area (Å²) in [5.41, 5.74) is 3.45. The molecule has 1 aromatic heterocycles. The predicted octanol–water partition coefficient (Wildman–Crippen LogP) is 5.30. The van der Waals surface area contributed by atoms with Gasteiger partial charge < -0.3 is 15.2 Å². The fourth-order valence-electron chi connectivity index (χ4n) is 2.65. The number of phenolic OH excluding ortho intramolecular Hbond substituents is 1. The number of hydrogen-bond acceptors (Lipinski definition) is 6. The van der Waals surface area contributed by atoms with Crippen molar-refractivity contribution in [3.63, 3.8) is 0 Å². The number of hydrazone groups is 1. The molecule has 0 saturated carbocycles. The van der Waals surface area contributed by atoms with E-state index in [9.17, 15) is 14.7 Å².